The van der Waals surface area contributed by atoms with Gasteiger partial charge in [0.05, 0.1) is 23.1 Å². The number of rotatable bonds is 4. The first kappa shape index (κ1) is 17.9. The van der Waals surface area contributed by atoms with Crippen LogP contribution < -0.4 is 5.56 Å². The van der Waals surface area contributed by atoms with Crippen molar-refractivity contribution < 1.29 is 0 Å². The first-order valence-corrected chi connectivity index (χ1v) is 9.18. The molecule has 6 nitrogen and oxygen atoms in total. The minimum atomic E-state index is -0.115. The molecule has 3 aromatic heterocycles. The molecule has 0 fully saturated rings. The van der Waals surface area contributed by atoms with Gasteiger partial charge in [-0.3, -0.25) is 14.5 Å². The zero-order chi connectivity index (χ0) is 19.7. The van der Waals surface area contributed by atoms with Gasteiger partial charge in [-0.2, -0.15) is 10.2 Å². The van der Waals surface area contributed by atoms with Crippen LogP contribution in [0, 0.1) is 0 Å². The maximum absolute atomic E-state index is 12.2. The lowest BCUT2D eigenvalue weighted by Gasteiger charge is -2.14. The molecule has 0 spiro atoms. The van der Waals surface area contributed by atoms with Crippen LogP contribution in [0.15, 0.2) is 71.8 Å². The summed E-state index contributed by atoms with van der Waals surface area (Å²) in [4.78, 5) is 16.9. The van der Waals surface area contributed by atoms with Gasteiger partial charge >= 0.3 is 0 Å². The lowest BCUT2D eigenvalue weighted by Crippen LogP contribution is -2.24. The highest BCUT2D eigenvalue weighted by Gasteiger charge is 2.15. The Labute approximate surface area is 163 Å². The van der Waals surface area contributed by atoms with Crippen molar-refractivity contribution >= 4 is 0 Å². The summed E-state index contributed by atoms with van der Waals surface area (Å²) in [7, 11) is 1.90. The van der Waals surface area contributed by atoms with Gasteiger partial charge in [-0.05, 0) is 32.0 Å². The standard InChI is InChI=1S/C22H21N5O/c1-15(2)27-21(28)10-9-19(25-27)18-13-17(20-11-12-24-26(20)3)14-23-22(18)16-7-5-4-6-8-16/h4-15H,1-3H3. The lowest BCUT2D eigenvalue weighted by atomic mass is 10.0. The minimum absolute atomic E-state index is 0.0270. The van der Waals surface area contributed by atoms with Crippen molar-refractivity contribution in [2.45, 2.75) is 19.9 Å². The molecular formula is C22H21N5O. The van der Waals surface area contributed by atoms with Crippen LogP contribution in [0.5, 0.6) is 0 Å². The Morgan fingerprint density at radius 3 is 2.43 bits per heavy atom. The summed E-state index contributed by atoms with van der Waals surface area (Å²) >= 11 is 0. The Morgan fingerprint density at radius 1 is 0.964 bits per heavy atom. The summed E-state index contributed by atoms with van der Waals surface area (Å²) in [5.74, 6) is 0. The molecule has 0 unspecified atom stereocenters. The van der Waals surface area contributed by atoms with Crippen LogP contribution in [0.3, 0.4) is 0 Å². The predicted molar refractivity (Wildman–Crippen MR) is 110 cm³/mol. The molecule has 4 rings (SSSR count). The van der Waals surface area contributed by atoms with E-state index >= 15 is 0 Å². The molecule has 0 radical (unpaired) electrons. The van der Waals surface area contributed by atoms with Crippen LogP contribution in [-0.2, 0) is 7.05 Å². The van der Waals surface area contributed by atoms with Crippen LogP contribution in [0.4, 0.5) is 0 Å². The highest BCUT2D eigenvalue weighted by molar-refractivity contribution is 5.82. The third-order valence-electron chi connectivity index (χ3n) is 4.64. The van der Waals surface area contributed by atoms with E-state index in [1.54, 1.807) is 18.3 Å². The van der Waals surface area contributed by atoms with Gasteiger partial charge in [-0.1, -0.05) is 30.3 Å². The van der Waals surface area contributed by atoms with Crippen LogP contribution in [0.2, 0.25) is 0 Å². The second-order valence-corrected chi connectivity index (χ2v) is 6.92. The van der Waals surface area contributed by atoms with E-state index in [9.17, 15) is 4.79 Å². The number of aryl methyl sites for hydroxylation is 1. The lowest BCUT2D eigenvalue weighted by molar-refractivity contribution is 0.505. The number of nitrogens with zero attached hydrogens (tertiary/aromatic N) is 5. The van der Waals surface area contributed by atoms with Crippen LogP contribution in [-0.4, -0.2) is 24.5 Å². The van der Waals surface area contributed by atoms with Crippen molar-refractivity contribution in [3.05, 3.63) is 77.3 Å². The molecule has 4 aromatic rings. The van der Waals surface area contributed by atoms with Gasteiger partial charge in [-0.25, -0.2) is 4.68 Å². The summed E-state index contributed by atoms with van der Waals surface area (Å²) in [6.07, 6.45) is 3.61. The average Bonchev–Trinajstić information content (AvgIpc) is 3.14. The third-order valence-corrected chi connectivity index (χ3v) is 4.64. The zero-order valence-corrected chi connectivity index (χ0v) is 16.1. The van der Waals surface area contributed by atoms with Gasteiger partial charge in [0.2, 0.25) is 0 Å². The Balaban J connectivity index is 1.96. The predicted octanol–water partition coefficient (Wildman–Crippen LogP) is 3.95. The summed E-state index contributed by atoms with van der Waals surface area (Å²) < 4.78 is 3.31. The maximum Gasteiger partial charge on any atom is 0.267 e. The van der Waals surface area contributed by atoms with E-state index in [0.29, 0.717) is 5.69 Å². The van der Waals surface area contributed by atoms with Crippen molar-refractivity contribution in [3.8, 4) is 33.8 Å². The number of pyridine rings is 1. The largest absolute Gasteiger partial charge is 0.268 e. The number of benzene rings is 1. The molecule has 140 valence electrons. The van der Waals surface area contributed by atoms with Gasteiger partial charge in [-0.15, -0.1) is 0 Å². The summed E-state index contributed by atoms with van der Waals surface area (Å²) in [6.45, 7) is 3.89. The quantitative estimate of drug-likeness (QED) is 0.545. The van der Waals surface area contributed by atoms with Gasteiger partial charge in [0.15, 0.2) is 0 Å². The fourth-order valence-corrected chi connectivity index (χ4v) is 3.22. The number of hydrogen-bond acceptors (Lipinski definition) is 4. The first-order chi connectivity index (χ1) is 13.5. The second kappa shape index (κ2) is 7.23. The maximum atomic E-state index is 12.2. The molecule has 0 aliphatic carbocycles. The second-order valence-electron chi connectivity index (χ2n) is 6.92. The highest BCUT2D eigenvalue weighted by atomic mass is 16.1. The molecule has 0 atom stereocenters. The van der Waals surface area contributed by atoms with E-state index in [-0.39, 0.29) is 11.6 Å². The van der Waals surface area contributed by atoms with Crippen molar-refractivity contribution in [2.75, 3.05) is 0 Å². The molecule has 6 heteroatoms. The van der Waals surface area contributed by atoms with Crippen LogP contribution >= 0.6 is 0 Å². The van der Waals surface area contributed by atoms with Gasteiger partial charge < -0.3 is 0 Å². The van der Waals surface area contributed by atoms with Crippen molar-refractivity contribution in [3.63, 3.8) is 0 Å². The smallest absolute Gasteiger partial charge is 0.267 e. The van der Waals surface area contributed by atoms with E-state index < -0.39 is 0 Å². The Hall–Kier alpha value is -3.54. The van der Waals surface area contributed by atoms with E-state index in [4.69, 9.17) is 4.98 Å². The normalized spacial score (nSPS) is 11.1. The molecule has 0 bridgehead atoms. The molecule has 0 amide bonds. The molecule has 0 saturated carbocycles. The Morgan fingerprint density at radius 2 is 1.75 bits per heavy atom. The fourth-order valence-electron chi connectivity index (χ4n) is 3.22. The first-order valence-electron chi connectivity index (χ1n) is 9.18. The summed E-state index contributed by atoms with van der Waals surface area (Å²) in [5.41, 5.74) is 5.20. The molecule has 3 heterocycles. The van der Waals surface area contributed by atoms with Crippen LogP contribution in [0.25, 0.3) is 33.8 Å². The molecule has 0 N–H and O–H groups in total. The van der Waals surface area contributed by atoms with Gasteiger partial charge in [0.25, 0.3) is 5.56 Å². The number of aromatic nitrogens is 5. The van der Waals surface area contributed by atoms with Crippen molar-refractivity contribution in [2.24, 2.45) is 7.05 Å². The van der Waals surface area contributed by atoms with E-state index in [2.05, 4.69) is 16.3 Å². The monoisotopic (exact) mass is 371 g/mol. The van der Waals surface area contributed by atoms with E-state index in [1.165, 1.54) is 4.68 Å². The summed E-state index contributed by atoms with van der Waals surface area (Å²) in [6, 6.07) is 17.3. The van der Waals surface area contributed by atoms with Gasteiger partial charge in [0, 0.05) is 42.2 Å². The van der Waals surface area contributed by atoms with Crippen LogP contribution in [0.1, 0.15) is 19.9 Å². The summed E-state index contributed by atoms with van der Waals surface area (Å²) in [5, 5.41) is 8.87. The molecule has 0 aliphatic rings. The molecule has 1 aromatic carbocycles. The molecule has 0 aliphatic heterocycles. The van der Waals surface area contributed by atoms with E-state index in [0.717, 1.165) is 28.1 Å². The molecule has 0 saturated heterocycles. The Bertz CT molecular complexity index is 1180. The average molecular weight is 371 g/mol. The molecular weight excluding hydrogens is 350 g/mol. The minimum Gasteiger partial charge on any atom is -0.268 e. The van der Waals surface area contributed by atoms with Crippen molar-refractivity contribution in [1.82, 2.24) is 24.5 Å². The van der Waals surface area contributed by atoms with Gasteiger partial charge in [0.1, 0.15) is 0 Å². The Kier molecular flexibility index (Phi) is 4.61. The third kappa shape index (κ3) is 3.24. The zero-order valence-electron chi connectivity index (χ0n) is 16.1. The topological polar surface area (TPSA) is 65.6 Å². The highest BCUT2D eigenvalue weighted by Crippen LogP contribution is 2.32. The fraction of sp³-hybridized carbons (Fsp3) is 0.182. The SMILES string of the molecule is CC(C)n1nc(-c2cc(-c3ccnn3C)cnc2-c2ccccc2)ccc1=O. The number of hydrogen-bond donors (Lipinski definition) is 0. The van der Waals surface area contributed by atoms with Crippen molar-refractivity contribution in [1.29, 1.82) is 0 Å². The molecule has 28 heavy (non-hydrogen) atoms. The van der Waals surface area contributed by atoms with E-state index in [1.807, 2.05) is 68.2 Å².